The summed E-state index contributed by atoms with van der Waals surface area (Å²) in [5.74, 6) is 0.241. The molecule has 5 atom stereocenters. The van der Waals surface area contributed by atoms with Crippen molar-refractivity contribution in [3.63, 3.8) is 0 Å². The molecule has 0 N–H and O–H groups in total. The average Bonchev–Trinajstić information content (AvgIpc) is 2.59. The van der Waals surface area contributed by atoms with Crippen LogP contribution < -0.4 is 0 Å². The maximum atomic E-state index is 10.7. The van der Waals surface area contributed by atoms with Crippen LogP contribution in [0.2, 0.25) is 0 Å². The molecule has 0 aliphatic carbocycles. The molecule has 0 amide bonds. The Bertz CT molecular complexity index is 363. The Hall–Kier alpha value is -0.216. The number of carbonyl (C=O) groups excluding carboxylic acids is 4. The van der Waals surface area contributed by atoms with E-state index >= 15 is 0 Å². The topological polar surface area (TPSA) is 68.3 Å². The molecule has 0 fully saturated rings. The summed E-state index contributed by atoms with van der Waals surface area (Å²) in [6.45, 7) is 16.7. The van der Waals surface area contributed by atoms with Gasteiger partial charge in [-0.1, -0.05) is 67.7 Å². The maximum Gasteiger partial charge on any atom is 0.133 e. The summed E-state index contributed by atoms with van der Waals surface area (Å²) in [4.78, 5) is 41.1. The SMILES string of the molecule is CC(=O)C(C)C(C)C(C)=O.CC([C-]=O)C(C)[C-]=O.CCCC(C)CC.[HH].[HH].[Y]. The maximum absolute atomic E-state index is 10.7. The molecule has 0 spiro atoms. The van der Waals surface area contributed by atoms with E-state index in [1.165, 1.54) is 33.1 Å². The van der Waals surface area contributed by atoms with Gasteiger partial charge in [-0.2, -0.15) is 11.8 Å². The van der Waals surface area contributed by atoms with Gasteiger partial charge >= 0.3 is 0 Å². The number of rotatable bonds is 9. The molecule has 0 aromatic carbocycles. The number of hydrogen-bond acceptors (Lipinski definition) is 4. The molecule has 4 nitrogen and oxygen atoms in total. The molecule has 0 heterocycles. The second-order valence-corrected chi connectivity index (χ2v) is 6.91. The second-order valence-electron chi connectivity index (χ2n) is 6.91. The van der Waals surface area contributed by atoms with Crippen molar-refractivity contribution in [3.8, 4) is 0 Å². The first-order valence-electron chi connectivity index (χ1n) is 9.26. The fraction of sp³-hybridized carbons (Fsp3) is 0.810. The van der Waals surface area contributed by atoms with Crippen LogP contribution in [0.3, 0.4) is 0 Å². The Morgan fingerprint density at radius 2 is 1.12 bits per heavy atom. The van der Waals surface area contributed by atoms with Crippen LogP contribution in [-0.2, 0) is 51.9 Å². The molecule has 0 rings (SSSR count). The zero-order chi connectivity index (χ0) is 20.6. The van der Waals surface area contributed by atoms with Gasteiger partial charge in [-0.15, -0.1) is 0 Å². The fourth-order valence-corrected chi connectivity index (χ4v) is 1.61. The van der Waals surface area contributed by atoms with Gasteiger partial charge in [0, 0.05) is 47.4 Å². The number of Topliss-reactive ketones (excluding diaryl/α,β-unsaturated/α-hetero) is 2. The summed E-state index contributed by atoms with van der Waals surface area (Å²) in [6, 6.07) is 0. The predicted octanol–water partition coefficient (Wildman–Crippen LogP) is 5.24. The van der Waals surface area contributed by atoms with Gasteiger partial charge in [-0.3, -0.25) is 22.2 Å². The van der Waals surface area contributed by atoms with Crippen molar-refractivity contribution in [2.75, 3.05) is 0 Å². The van der Waals surface area contributed by atoms with E-state index in [0.29, 0.717) is 0 Å². The van der Waals surface area contributed by atoms with Crippen molar-refractivity contribution in [1.82, 2.24) is 0 Å². The van der Waals surface area contributed by atoms with Gasteiger partial charge in [0.1, 0.15) is 11.6 Å². The molecular weight excluding hydrogens is 405 g/mol. The Morgan fingerprint density at radius 1 is 0.808 bits per heavy atom. The molecule has 0 aromatic rings. The molecule has 0 aliphatic rings. The molecule has 26 heavy (non-hydrogen) atoms. The van der Waals surface area contributed by atoms with Crippen molar-refractivity contribution >= 4 is 24.1 Å². The van der Waals surface area contributed by atoms with Crippen molar-refractivity contribution in [2.24, 2.45) is 29.6 Å². The predicted molar refractivity (Wildman–Crippen MR) is 108 cm³/mol. The molecule has 0 aromatic heterocycles. The van der Waals surface area contributed by atoms with Gasteiger partial charge in [0.15, 0.2) is 0 Å². The van der Waals surface area contributed by atoms with Crippen molar-refractivity contribution in [3.05, 3.63) is 0 Å². The minimum atomic E-state index is -0.313. The summed E-state index contributed by atoms with van der Waals surface area (Å²) in [7, 11) is 0. The third-order valence-electron chi connectivity index (χ3n) is 4.63. The molecule has 155 valence electrons. The van der Waals surface area contributed by atoms with Crippen LogP contribution in [0, 0.1) is 29.6 Å². The van der Waals surface area contributed by atoms with E-state index in [4.69, 9.17) is 0 Å². The Labute approximate surface area is 189 Å². The standard InChI is InChI=1S/C8H14O2.C7H16.C6H8O2.Y.2H2/c1-5(7(3)9)6(2)8(4)10;1-4-6-7(3)5-2;1-5(3-7)6(2)4-8;;;/h5-6H,1-4H3;7H,4-6H2,1-3H3;5-6H,1-2H3;;2*1H/q;;-2;;;. The van der Waals surface area contributed by atoms with Gasteiger partial charge in [-0.25, -0.2) is 0 Å². The van der Waals surface area contributed by atoms with E-state index in [2.05, 4.69) is 20.8 Å². The molecule has 0 saturated heterocycles. The van der Waals surface area contributed by atoms with Gasteiger partial charge in [-0.05, 0) is 19.8 Å². The summed E-state index contributed by atoms with van der Waals surface area (Å²) in [5.41, 5.74) is 0. The van der Waals surface area contributed by atoms with Crippen LogP contribution >= 0.6 is 0 Å². The molecule has 5 heteroatoms. The van der Waals surface area contributed by atoms with Crippen LogP contribution in [0.25, 0.3) is 0 Å². The second kappa shape index (κ2) is 21.1. The van der Waals surface area contributed by atoms with Gasteiger partial charge in [0.2, 0.25) is 0 Å². The normalized spacial score (nSPS) is 15.1. The molecule has 1 radical (unpaired) electrons. The average molecular weight is 447 g/mol. The number of ketones is 2. The Balaban J connectivity index is -0.0000000625. The van der Waals surface area contributed by atoms with Gasteiger partial charge in [0.25, 0.3) is 0 Å². The monoisotopic (exact) mass is 447 g/mol. The number of carbonyl (C=O) groups is 2. The van der Waals surface area contributed by atoms with Crippen molar-refractivity contribution in [2.45, 2.75) is 81.6 Å². The molecule has 0 bridgehead atoms. The van der Waals surface area contributed by atoms with Crippen molar-refractivity contribution < 1.29 is 54.7 Å². The van der Waals surface area contributed by atoms with Crippen LogP contribution in [0.1, 0.15) is 84.4 Å². The minimum Gasteiger partial charge on any atom is -0.542 e. The van der Waals surface area contributed by atoms with E-state index in [0.717, 1.165) is 5.92 Å². The molecule has 0 saturated carbocycles. The minimum absolute atomic E-state index is 0. The van der Waals surface area contributed by atoms with Crippen LogP contribution in [0.5, 0.6) is 0 Å². The largest absolute Gasteiger partial charge is 0.542 e. The zero-order valence-electron chi connectivity index (χ0n) is 18.2. The smallest absolute Gasteiger partial charge is 0.133 e. The van der Waals surface area contributed by atoms with E-state index in [9.17, 15) is 19.2 Å². The summed E-state index contributed by atoms with van der Waals surface area (Å²) >= 11 is 0. The van der Waals surface area contributed by atoms with E-state index in [-0.39, 0.29) is 70.8 Å². The van der Waals surface area contributed by atoms with Gasteiger partial charge in [0.05, 0.1) is 0 Å². The fourth-order valence-electron chi connectivity index (χ4n) is 1.61. The van der Waals surface area contributed by atoms with Crippen LogP contribution in [-0.4, -0.2) is 24.1 Å². The Morgan fingerprint density at radius 3 is 1.23 bits per heavy atom. The zero-order valence-corrected chi connectivity index (χ0v) is 21.1. The van der Waals surface area contributed by atoms with E-state index in [1.54, 1.807) is 40.3 Å². The third-order valence-corrected chi connectivity index (χ3v) is 4.63. The Kier molecular flexibility index (Phi) is 27.1. The molecule has 0 aliphatic heterocycles. The third kappa shape index (κ3) is 20.1. The molecular formula is C21H42O4Y-2. The van der Waals surface area contributed by atoms with E-state index < -0.39 is 0 Å². The summed E-state index contributed by atoms with van der Waals surface area (Å²) < 4.78 is 0. The van der Waals surface area contributed by atoms with E-state index in [1.807, 2.05) is 0 Å². The van der Waals surface area contributed by atoms with Gasteiger partial charge < -0.3 is 9.59 Å². The van der Waals surface area contributed by atoms with Crippen molar-refractivity contribution in [1.29, 1.82) is 0 Å². The number of hydrogen-bond donors (Lipinski definition) is 0. The quantitative estimate of drug-likeness (QED) is 0.454. The van der Waals surface area contributed by atoms with Crippen LogP contribution in [0.4, 0.5) is 0 Å². The van der Waals surface area contributed by atoms with Crippen LogP contribution in [0.15, 0.2) is 0 Å². The molecule has 5 unspecified atom stereocenters. The first-order chi connectivity index (χ1) is 11.5. The summed E-state index contributed by atoms with van der Waals surface area (Å²) in [5, 5.41) is 0. The first-order valence-corrected chi connectivity index (χ1v) is 9.26. The first kappa shape index (κ1) is 33.4. The summed E-state index contributed by atoms with van der Waals surface area (Å²) in [6.07, 6.45) is 7.49.